The van der Waals surface area contributed by atoms with Gasteiger partial charge in [0.1, 0.15) is 6.10 Å². The molecule has 2 fully saturated rings. The first-order valence-corrected chi connectivity index (χ1v) is 8.23. The molecule has 2 saturated heterocycles. The van der Waals surface area contributed by atoms with Crippen molar-refractivity contribution in [3.05, 3.63) is 32.6 Å². The van der Waals surface area contributed by atoms with Gasteiger partial charge in [-0.05, 0) is 12.8 Å². The van der Waals surface area contributed by atoms with E-state index in [0.717, 1.165) is 5.96 Å². The molecule has 1 aromatic rings. The van der Waals surface area contributed by atoms with Gasteiger partial charge < -0.3 is 25.4 Å². The Kier molecular flexibility index (Phi) is 3.50. The number of hydrogen-bond acceptors (Lipinski definition) is 7. The molecule has 0 radical (unpaired) electrons. The Bertz CT molecular complexity index is 758. The van der Waals surface area contributed by atoms with Gasteiger partial charge in [0.05, 0.1) is 30.4 Å². The van der Waals surface area contributed by atoms with Crippen LogP contribution in [0, 0.1) is 5.92 Å². The van der Waals surface area contributed by atoms with Crippen molar-refractivity contribution in [3.8, 4) is 0 Å². The molecule has 0 aliphatic carbocycles. The Morgan fingerprint density at radius 1 is 1.33 bits per heavy atom. The van der Waals surface area contributed by atoms with Crippen LogP contribution in [0.5, 0.6) is 0 Å². The third-order valence-electron chi connectivity index (χ3n) is 5.47. The second-order valence-corrected chi connectivity index (χ2v) is 6.93. The van der Waals surface area contributed by atoms with Gasteiger partial charge in [0, 0.05) is 18.0 Å². The monoisotopic (exact) mass is 335 g/mol. The number of nitrogens with zero attached hydrogens (tertiary/aromatic N) is 2. The fourth-order valence-corrected chi connectivity index (χ4v) is 4.15. The van der Waals surface area contributed by atoms with Crippen molar-refractivity contribution in [1.82, 2.24) is 20.2 Å². The minimum Gasteiger partial charge on any atom is -0.393 e. The summed E-state index contributed by atoms with van der Waals surface area (Å²) in [4.78, 5) is 34.2. The van der Waals surface area contributed by atoms with E-state index in [2.05, 4.69) is 25.2 Å². The maximum atomic E-state index is 11.5. The Labute approximate surface area is 137 Å². The number of rotatable bonds is 2. The number of hydrogen-bond donors (Lipinski definition) is 5. The number of aromatic amines is 2. The SMILES string of the molecule is C[C@@H]1[C@H]2CN=C3N[C@@H](C(O)c4cc(=O)[nH]c(=O)[nH]4)C[C@@H](C[C@@H]1O)N32. The van der Waals surface area contributed by atoms with Crippen molar-refractivity contribution in [1.29, 1.82) is 0 Å². The largest absolute Gasteiger partial charge is 0.393 e. The molecule has 3 aliphatic rings. The van der Waals surface area contributed by atoms with Crippen molar-refractivity contribution in [2.45, 2.75) is 50.1 Å². The summed E-state index contributed by atoms with van der Waals surface area (Å²) >= 11 is 0. The molecular weight excluding hydrogens is 314 g/mol. The lowest BCUT2D eigenvalue weighted by Crippen LogP contribution is -2.65. The van der Waals surface area contributed by atoms with Gasteiger partial charge in [0.25, 0.3) is 5.56 Å². The van der Waals surface area contributed by atoms with Gasteiger partial charge in [0.15, 0.2) is 5.96 Å². The summed E-state index contributed by atoms with van der Waals surface area (Å²) in [5, 5.41) is 24.1. The molecule has 6 atom stereocenters. The quantitative estimate of drug-likeness (QED) is 0.436. The first kappa shape index (κ1) is 15.4. The lowest BCUT2D eigenvalue weighted by Gasteiger charge is -2.50. The minimum absolute atomic E-state index is 0.0806. The number of aliphatic imine (C=N–C) groups is 1. The molecule has 0 amide bonds. The number of H-pyrrole nitrogens is 2. The lowest BCUT2D eigenvalue weighted by molar-refractivity contribution is -0.0201. The van der Waals surface area contributed by atoms with E-state index >= 15 is 0 Å². The summed E-state index contributed by atoms with van der Waals surface area (Å²) in [6, 6.07) is 1.06. The van der Waals surface area contributed by atoms with Crippen LogP contribution < -0.4 is 16.6 Å². The van der Waals surface area contributed by atoms with Gasteiger partial charge in [-0.1, -0.05) is 6.92 Å². The van der Waals surface area contributed by atoms with E-state index in [4.69, 9.17) is 0 Å². The fourth-order valence-electron chi connectivity index (χ4n) is 4.15. The molecule has 1 unspecified atom stereocenters. The Hall–Kier alpha value is -2.13. The zero-order valence-electron chi connectivity index (χ0n) is 13.3. The van der Waals surface area contributed by atoms with E-state index in [9.17, 15) is 19.8 Å². The summed E-state index contributed by atoms with van der Waals surface area (Å²) in [5.41, 5.74) is -1.02. The second-order valence-electron chi connectivity index (χ2n) is 6.93. The van der Waals surface area contributed by atoms with Gasteiger partial charge in [-0.15, -0.1) is 0 Å². The summed E-state index contributed by atoms with van der Waals surface area (Å²) < 4.78 is 0. The molecule has 0 saturated carbocycles. The minimum atomic E-state index is -1.04. The van der Waals surface area contributed by atoms with Crippen LogP contribution >= 0.6 is 0 Å². The van der Waals surface area contributed by atoms with Gasteiger partial charge >= 0.3 is 5.69 Å². The van der Waals surface area contributed by atoms with Crippen LogP contribution in [-0.2, 0) is 0 Å². The van der Waals surface area contributed by atoms with Crippen LogP contribution in [-0.4, -0.2) is 61.8 Å². The zero-order chi connectivity index (χ0) is 17.0. The summed E-state index contributed by atoms with van der Waals surface area (Å²) in [6.07, 6.45) is -0.218. The number of aromatic nitrogens is 2. The van der Waals surface area contributed by atoms with Gasteiger partial charge in [-0.3, -0.25) is 14.8 Å². The predicted octanol–water partition coefficient (Wildman–Crippen LogP) is -1.73. The topological polar surface area (TPSA) is 134 Å². The zero-order valence-corrected chi connectivity index (χ0v) is 13.3. The second kappa shape index (κ2) is 5.45. The molecule has 0 bridgehead atoms. The molecule has 3 aliphatic heterocycles. The summed E-state index contributed by atoms with van der Waals surface area (Å²) in [6.45, 7) is 2.66. The van der Waals surface area contributed by atoms with E-state index in [0.29, 0.717) is 19.4 Å². The van der Waals surface area contributed by atoms with Crippen molar-refractivity contribution in [2.75, 3.05) is 6.54 Å². The molecule has 5 N–H and O–H groups in total. The average Bonchev–Trinajstić information content (AvgIpc) is 2.95. The first-order chi connectivity index (χ1) is 11.4. The van der Waals surface area contributed by atoms with Crippen LogP contribution in [0.1, 0.15) is 31.6 Å². The van der Waals surface area contributed by atoms with Gasteiger partial charge in [-0.2, -0.15) is 0 Å². The number of piperidine rings is 1. The molecule has 4 heterocycles. The van der Waals surface area contributed by atoms with E-state index < -0.39 is 17.4 Å². The van der Waals surface area contributed by atoms with Crippen molar-refractivity contribution >= 4 is 5.96 Å². The predicted molar refractivity (Wildman–Crippen MR) is 85.7 cm³/mol. The van der Waals surface area contributed by atoms with E-state index in [1.165, 1.54) is 6.07 Å². The van der Waals surface area contributed by atoms with E-state index in [1.807, 2.05) is 6.92 Å². The van der Waals surface area contributed by atoms with E-state index in [1.54, 1.807) is 0 Å². The third-order valence-corrected chi connectivity index (χ3v) is 5.47. The third kappa shape index (κ3) is 2.35. The van der Waals surface area contributed by atoms with Crippen molar-refractivity contribution in [3.63, 3.8) is 0 Å². The fraction of sp³-hybridized carbons (Fsp3) is 0.667. The molecule has 1 aromatic heterocycles. The van der Waals surface area contributed by atoms with Crippen LogP contribution in [0.2, 0.25) is 0 Å². The standard InChI is InChI=1S/C15H21N5O4/c1-6-10-5-16-14-17-8(2-7(20(10)14)3-11(6)21)13(23)9-4-12(22)19-15(24)18-9/h4,6-8,10-11,13,21,23H,2-3,5H2,1H3,(H,16,17)(H2,18,19,22,24)/t6-,7+,8-,10-,11+,13?/m1/s1. The smallest absolute Gasteiger partial charge is 0.325 e. The normalized spacial score (nSPS) is 35.9. The molecule has 130 valence electrons. The molecular formula is C15H21N5O4. The number of guanidine groups is 1. The lowest BCUT2D eigenvalue weighted by atomic mass is 9.81. The van der Waals surface area contributed by atoms with Crippen LogP contribution in [0.4, 0.5) is 0 Å². The maximum absolute atomic E-state index is 11.5. The Morgan fingerprint density at radius 3 is 2.88 bits per heavy atom. The molecule has 0 spiro atoms. The molecule has 9 heteroatoms. The molecule has 4 rings (SSSR count). The highest BCUT2D eigenvalue weighted by molar-refractivity contribution is 5.83. The van der Waals surface area contributed by atoms with Crippen molar-refractivity contribution in [2.24, 2.45) is 10.9 Å². The number of nitrogens with one attached hydrogen (secondary N) is 3. The Morgan fingerprint density at radius 2 is 2.12 bits per heavy atom. The summed E-state index contributed by atoms with van der Waals surface area (Å²) in [5.74, 6) is 0.876. The van der Waals surface area contributed by atoms with Crippen LogP contribution in [0.3, 0.4) is 0 Å². The molecule has 24 heavy (non-hydrogen) atoms. The highest BCUT2D eigenvalue weighted by Gasteiger charge is 2.48. The van der Waals surface area contributed by atoms with E-state index in [-0.39, 0.29) is 35.8 Å². The summed E-state index contributed by atoms with van der Waals surface area (Å²) in [7, 11) is 0. The number of aliphatic hydroxyl groups is 2. The van der Waals surface area contributed by atoms with Crippen molar-refractivity contribution < 1.29 is 10.2 Å². The average molecular weight is 335 g/mol. The van der Waals surface area contributed by atoms with Crippen LogP contribution in [0.15, 0.2) is 20.6 Å². The van der Waals surface area contributed by atoms with Gasteiger partial charge in [-0.25, -0.2) is 4.79 Å². The first-order valence-electron chi connectivity index (χ1n) is 8.23. The molecule has 9 nitrogen and oxygen atoms in total. The maximum Gasteiger partial charge on any atom is 0.325 e. The highest BCUT2D eigenvalue weighted by Crippen LogP contribution is 2.37. The number of aliphatic hydroxyl groups excluding tert-OH is 2. The Balaban J connectivity index is 1.60. The van der Waals surface area contributed by atoms with Crippen LogP contribution in [0.25, 0.3) is 0 Å². The van der Waals surface area contributed by atoms with Gasteiger partial charge in [0.2, 0.25) is 0 Å². The highest BCUT2D eigenvalue weighted by atomic mass is 16.3. The molecule has 0 aromatic carbocycles.